The number of carbonyl (C=O) groups is 2. The van der Waals surface area contributed by atoms with Crippen molar-refractivity contribution >= 4 is 27.4 Å². The molecular weight excluding hydrogens is 444 g/mol. The Morgan fingerprint density at radius 3 is 2.15 bits per heavy atom. The van der Waals surface area contributed by atoms with Crippen LogP contribution in [-0.4, -0.2) is 35.4 Å². The first-order valence-electron chi connectivity index (χ1n) is 10.2. The number of Topliss-reactive ketones (excluding diaryl/α,β-unsaturated/α-hetero) is 1. The molecule has 0 N–H and O–H groups in total. The zero-order valence-electron chi connectivity index (χ0n) is 17.6. The maximum Gasteiger partial charge on any atom is 0.269 e. The maximum absolute atomic E-state index is 13.5. The van der Waals surface area contributed by atoms with Gasteiger partial charge in [-0.2, -0.15) is 0 Å². The predicted octanol–water partition coefficient (Wildman–Crippen LogP) is 3.86. The number of non-ortho nitro benzene ring substituents is 1. The van der Waals surface area contributed by atoms with E-state index in [0.29, 0.717) is 9.87 Å². The third kappa shape index (κ3) is 4.14. The first-order valence-corrected chi connectivity index (χ1v) is 11.6. The van der Waals surface area contributed by atoms with E-state index in [2.05, 4.69) is 0 Å². The van der Waals surface area contributed by atoms with Crippen LogP contribution in [0.3, 0.4) is 0 Å². The average molecular weight is 464 g/mol. The first-order chi connectivity index (χ1) is 15.7. The second kappa shape index (κ2) is 8.59. The fraction of sp³-hybridized carbons (Fsp3) is 0.167. The molecule has 0 aromatic heterocycles. The van der Waals surface area contributed by atoms with Gasteiger partial charge >= 0.3 is 0 Å². The van der Waals surface area contributed by atoms with Crippen LogP contribution in [0.15, 0.2) is 83.8 Å². The minimum absolute atomic E-state index is 0.0864. The van der Waals surface area contributed by atoms with E-state index in [1.165, 1.54) is 36.4 Å². The van der Waals surface area contributed by atoms with Gasteiger partial charge in [0.2, 0.25) is 5.91 Å². The van der Waals surface area contributed by atoms with Crippen LogP contribution in [0.2, 0.25) is 0 Å². The van der Waals surface area contributed by atoms with E-state index in [1.807, 2.05) is 6.92 Å². The highest BCUT2D eigenvalue weighted by molar-refractivity contribution is 7.89. The smallest absolute Gasteiger partial charge is 0.269 e. The molecule has 0 unspecified atom stereocenters. The number of nitro groups is 1. The minimum atomic E-state index is -4.31. The molecule has 2 atom stereocenters. The summed E-state index contributed by atoms with van der Waals surface area (Å²) >= 11 is 0. The van der Waals surface area contributed by atoms with Gasteiger partial charge in [-0.25, -0.2) is 12.7 Å². The molecule has 3 aromatic carbocycles. The lowest BCUT2D eigenvalue weighted by atomic mass is 9.87. The highest BCUT2D eigenvalue weighted by atomic mass is 32.2. The number of nitrogens with zero attached hydrogens (tertiary/aromatic N) is 2. The highest BCUT2D eigenvalue weighted by Gasteiger charge is 2.50. The van der Waals surface area contributed by atoms with E-state index in [1.54, 1.807) is 42.5 Å². The first kappa shape index (κ1) is 22.3. The second-order valence-electron chi connectivity index (χ2n) is 7.84. The number of aryl methyl sites for hydroxylation is 1. The number of sulfonamides is 1. The summed E-state index contributed by atoms with van der Waals surface area (Å²) in [6.07, 6.45) is -0.216. The van der Waals surface area contributed by atoms with E-state index in [4.69, 9.17) is 0 Å². The van der Waals surface area contributed by atoms with Crippen LogP contribution < -0.4 is 0 Å². The molecule has 33 heavy (non-hydrogen) atoms. The number of amides is 1. The van der Waals surface area contributed by atoms with Crippen LogP contribution in [-0.2, 0) is 14.8 Å². The number of rotatable bonds is 6. The van der Waals surface area contributed by atoms with Crippen molar-refractivity contribution in [2.75, 3.05) is 0 Å². The molecule has 1 aliphatic rings. The number of ketones is 1. The lowest BCUT2D eigenvalue weighted by Gasteiger charge is -2.27. The predicted molar refractivity (Wildman–Crippen MR) is 120 cm³/mol. The van der Waals surface area contributed by atoms with E-state index in [0.717, 1.165) is 5.56 Å². The largest absolute Gasteiger partial charge is 0.292 e. The minimum Gasteiger partial charge on any atom is -0.292 e. The van der Waals surface area contributed by atoms with Crippen molar-refractivity contribution < 1.29 is 22.9 Å². The Bertz CT molecular complexity index is 1320. The molecule has 1 heterocycles. The lowest BCUT2D eigenvalue weighted by molar-refractivity contribution is -0.384. The van der Waals surface area contributed by atoms with Crippen LogP contribution >= 0.6 is 0 Å². The van der Waals surface area contributed by atoms with Crippen molar-refractivity contribution in [3.63, 3.8) is 0 Å². The Hall–Kier alpha value is -3.85. The maximum atomic E-state index is 13.5. The molecule has 168 valence electrons. The van der Waals surface area contributed by atoms with E-state index in [-0.39, 0.29) is 22.6 Å². The molecule has 0 bridgehead atoms. The van der Waals surface area contributed by atoms with Gasteiger partial charge in [0, 0.05) is 30.0 Å². The topological polar surface area (TPSA) is 115 Å². The third-order valence-corrected chi connectivity index (χ3v) is 7.53. The van der Waals surface area contributed by atoms with Gasteiger partial charge in [-0.15, -0.1) is 0 Å². The van der Waals surface area contributed by atoms with Crippen molar-refractivity contribution in [2.24, 2.45) is 0 Å². The molecular formula is C24H20N2O6S. The molecule has 9 heteroatoms. The summed E-state index contributed by atoms with van der Waals surface area (Å²) in [6.45, 7) is 1.81. The second-order valence-corrected chi connectivity index (χ2v) is 9.66. The molecule has 0 radical (unpaired) electrons. The Morgan fingerprint density at radius 2 is 1.58 bits per heavy atom. The third-order valence-electron chi connectivity index (χ3n) is 5.71. The van der Waals surface area contributed by atoms with E-state index < -0.39 is 38.6 Å². The van der Waals surface area contributed by atoms with E-state index >= 15 is 0 Å². The van der Waals surface area contributed by atoms with Crippen molar-refractivity contribution in [2.45, 2.75) is 30.2 Å². The summed E-state index contributed by atoms with van der Waals surface area (Å²) in [5.74, 6) is -2.00. The quantitative estimate of drug-likeness (QED) is 0.311. The van der Waals surface area contributed by atoms with E-state index in [9.17, 15) is 28.1 Å². The Morgan fingerprint density at radius 1 is 0.970 bits per heavy atom. The molecule has 0 spiro atoms. The summed E-state index contributed by atoms with van der Waals surface area (Å²) in [7, 11) is -4.31. The van der Waals surface area contributed by atoms with Gasteiger partial charge < -0.3 is 0 Å². The van der Waals surface area contributed by atoms with Crippen molar-refractivity contribution in [3.05, 3.63) is 106 Å². The van der Waals surface area contributed by atoms with Gasteiger partial charge in [0.1, 0.15) is 6.04 Å². The van der Waals surface area contributed by atoms with Crippen LogP contribution in [0.25, 0.3) is 0 Å². The van der Waals surface area contributed by atoms with Crippen LogP contribution in [0.5, 0.6) is 0 Å². The summed E-state index contributed by atoms with van der Waals surface area (Å²) in [6, 6.07) is 18.4. The summed E-state index contributed by atoms with van der Waals surface area (Å²) in [4.78, 5) is 37.0. The fourth-order valence-electron chi connectivity index (χ4n) is 4.02. The molecule has 1 saturated heterocycles. The van der Waals surface area contributed by atoms with Gasteiger partial charge in [-0.3, -0.25) is 19.7 Å². The molecule has 0 saturated carbocycles. The zero-order valence-corrected chi connectivity index (χ0v) is 18.4. The molecule has 1 fully saturated rings. The molecule has 3 aromatic rings. The summed E-state index contributed by atoms with van der Waals surface area (Å²) in [5.41, 5.74) is 1.46. The number of benzene rings is 3. The van der Waals surface area contributed by atoms with Crippen LogP contribution in [0, 0.1) is 17.0 Å². The summed E-state index contributed by atoms with van der Waals surface area (Å²) < 4.78 is 27.7. The molecule has 4 rings (SSSR count). The molecule has 1 aliphatic heterocycles. The van der Waals surface area contributed by atoms with Gasteiger partial charge in [0.05, 0.1) is 9.82 Å². The van der Waals surface area contributed by atoms with Gasteiger partial charge in [0.25, 0.3) is 15.7 Å². The van der Waals surface area contributed by atoms with Crippen LogP contribution in [0.1, 0.15) is 33.8 Å². The molecule has 0 aliphatic carbocycles. The molecule has 1 amide bonds. The fourth-order valence-corrected chi connectivity index (χ4v) is 5.61. The van der Waals surface area contributed by atoms with Gasteiger partial charge in [-0.05, 0) is 24.6 Å². The van der Waals surface area contributed by atoms with Gasteiger partial charge in [0.15, 0.2) is 5.78 Å². The Kier molecular flexibility index (Phi) is 5.82. The Labute approximate surface area is 190 Å². The van der Waals surface area contributed by atoms with Crippen molar-refractivity contribution in [1.29, 1.82) is 0 Å². The SMILES string of the molecule is Cc1ccc(S(=O)(=O)N2C(=O)C[C@@H](c3ccc([N+](=O)[O-])cc3)[C@H]2C(=O)c2ccccc2)cc1. The van der Waals surface area contributed by atoms with Crippen LogP contribution in [0.4, 0.5) is 5.69 Å². The van der Waals surface area contributed by atoms with Crippen molar-refractivity contribution in [1.82, 2.24) is 4.31 Å². The monoisotopic (exact) mass is 464 g/mol. The van der Waals surface area contributed by atoms with Gasteiger partial charge in [-0.1, -0.05) is 60.2 Å². The number of nitro benzene ring substituents is 1. The molecule has 8 nitrogen and oxygen atoms in total. The van der Waals surface area contributed by atoms with Crippen molar-refractivity contribution in [3.8, 4) is 0 Å². The standard InChI is InChI=1S/C24H20N2O6S/c1-16-7-13-20(14-8-16)33(31,32)25-22(27)15-21(17-9-11-19(12-10-17)26(29)30)23(25)24(28)18-5-3-2-4-6-18/h2-14,21,23H,15H2,1H3/t21-,23-/m0/s1. The zero-order chi connectivity index (χ0) is 23.8. The number of hydrogen-bond donors (Lipinski definition) is 0. The highest BCUT2D eigenvalue weighted by Crippen LogP contribution is 2.40. The summed E-state index contributed by atoms with van der Waals surface area (Å²) in [5, 5.41) is 11.0. The normalized spacial score (nSPS) is 18.3. The Balaban J connectivity index is 1.83. The number of hydrogen-bond acceptors (Lipinski definition) is 6. The number of carbonyl (C=O) groups excluding carboxylic acids is 2. The average Bonchev–Trinajstić information content (AvgIpc) is 3.17. The lowest BCUT2D eigenvalue weighted by Crippen LogP contribution is -2.44.